The second-order valence-corrected chi connectivity index (χ2v) is 3.83. The molecule has 2 rings (SSSR count). The van der Waals surface area contributed by atoms with Crippen molar-refractivity contribution in [2.75, 3.05) is 0 Å². The molecular weight excluding hydrogens is 247 g/mol. The largest absolute Gasteiger partial charge is 0.477 e. The summed E-state index contributed by atoms with van der Waals surface area (Å²) in [5.74, 6) is -1.10. The maximum Gasteiger partial charge on any atom is 0.353 e. The molecule has 0 bridgehead atoms. The first-order chi connectivity index (χ1) is 8.11. The van der Waals surface area contributed by atoms with Crippen molar-refractivity contribution < 1.29 is 14.3 Å². The van der Waals surface area contributed by atoms with Gasteiger partial charge in [0.25, 0.3) is 0 Å². The number of aromatic nitrogens is 2. The van der Waals surface area contributed by atoms with Gasteiger partial charge in [-0.25, -0.2) is 9.18 Å². The van der Waals surface area contributed by atoms with Gasteiger partial charge in [0.2, 0.25) is 0 Å². The van der Waals surface area contributed by atoms with Gasteiger partial charge >= 0.3 is 5.97 Å². The highest BCUT2D eigenvalue weighted by atomic mass is 35.5. The molecule has 88 valence electrons. The van der Waals surface area contributed by atoms with Gasteiger partial charge in [0.1, 0.15) is 12.4 Å². The quantitative estimate of drug-likeness (QED) is 0.885. The summed E-state index contributed by atoms with van der Waals surface area (Å²) >= 11 is 5.96. The number of alkyl halides is 1. The average Bonchev–Trinajstić information content (AvgIpc) is 2.78. The standard InChI is InChI=1S/C11H8ClFN2O2/c12-8-3-6(5-13)1-2-7(8)9-4-10(11(16)17)15-14-9/h1-4H,5H2,(H,14,15)(H,16,17). The number of aromatic amines is 1. The van der Waals surface area contributed by atoms with E-state index in [9.17, 15) is 9.18 Å². The third-order valence-electron chi connectivity index (χ3n) is 2.27. The molecule has 4 nitrogen and oxygen atoms in total. The van der Waals surface area contributed by atoms with E-state index in [0.29, 0.717) is 21.8 Å². The van der Waals surface area contributed by atoms with Crippen molar-refractivity contribution in [3.63, 3.8) is 0 Å². The highest BCUT2D eigenvalue weighted by Crippen LogP contribution is 2.28. The maximum atomic E-state index is 12.4. The molecule has 0 unspecified atom stereocenters. The van der Waals surface area contributed by atoms with E-state index in [1.807, 2.05) is 0 Å². The molecule has 17 heavy (non-hydrogen) atoms. The van der Waals surface area contributed by atoms with Crippen LogP contribution in [0.2, 0.25) is 5.02 Å². The molecule has 0 spiro atoms. The van der Waals surface area contributed by atoms with E-state index in [0.717, 1.165) is 0 Å². The number of H-pyrrole nitrogens is 1. The monoisotopic (exact) mass is 254 g/mol. The second kappa shape index (κ2) is 4.55. The van der Waals surface area contributed by atoms with Gasteiger partial charge in [-0.05, 0) is 17.7 Å². The van der Waals surface area contributed by atoms with Crippen molar-refractivity contribution in [3.8, 4) is 11.3 Å². The minimum Gasteiger partial charge on any atom is -0.477 e. The van der Waals surface area contributed by atoms with Crippen LogP contribution >= 0.6 is 11.6 Å². The van der Waals surface area contributed by atoms with Crippen molar-refractivity contribution in [2.45, 2.75) is 6.67 Å². The number of nitrogens with one attached hydrogen (secondary N) is 1. The smallest absolute Gasteiger partial charge is 0.353 e. The number of carboxylic acid groups (broad SMARTS) is 1. The molecule has 0 saturated heterocycles. The molecule has 2 aromatic rings. The van der Waals surface area contributed by atoms with Gasteiger partial charge in [0, 0.05) is 5.56 Å². The van der Waals surface area contributed by atoms with E-state index in [-0.39, 0.29) is 5.69 Å². The minimum absolute atomic E-state index is 0.0226. The van der Waals surface area contributed by atoms with Crippen LogP contribution in [0.5, 0.6) is 0 Å². The molecule has 0 amide bonds. The van der Waals surface area contributed by atoms with Gasteiger partial charge in [-0.1, -0.05) is 23.7 Å². The third-order valence-corrected chi connectivity index (χ3v) is 2.58. The lowest BCUT2D eigenvalue weighted by molar-refractivity contribution is 0.0690. The van der Waals surface area contributed by atoms with Crippen molar-refractivity contribution in [3.05, 3.63) is 40.5 Å². The van der Waals surface area contributed by atoms with Gasteiger partial charge in [-0.15, -0.1) is 0 Å². The van der Waals surface area contributed by atoms with Gasteiger partial charge in [0.05, 0.1) is 10.7 Å². The van der Waals surface area contributed by atoms with E-state index in [1.54, 1.807) is 12.1 Å². The number of carboxylic acids is 1. The second-order valence-electron chi connectivity index (χ2n) is 3.42. The van der Waals surface area contributed by atoms with E-state index < -0.39 is 12.6 Å². The highest BCUT2D eigenvalue weighted by Gasteiger charge is 2.11. The van der Waals surface area contributed by atoms with Crippen molar-refractivity contribution in [1.82, 2.24) is 10.2 Å². The predicted octanol–water partition coefficient (Wildman–Crippen LogP) is 2.90. The molecular formula is C11H8ClFN2O2. The number of carbonyl (C=O) groups is 1. The van der Waals surface area contributed by atoms with Crippen LogP contribution in [-0.4, -0.2) is 21.3 Å². The number of halogens is 2. The molecule has 1 heterocycles. The average molecular weight is 255 g/mol. The fourth-order valence-electron chi connectivity index (χ4n) is 1.42. The fraction of sp³-hybridized carbons (Fsp3) is 0.0909. The first kappa shape index (κ1) is 11.6. The topological polar surface area (TPSA) is 66.0 Å². The lowest BCUT2D eigenvalue weighted by Gasteiger charge is -2.01. The Bertz CT molecular complexity index is 568. The Kier molecular flexibility index (Phi) is 3.10. The Hall–Kier alpha value is -1.88. The lowest BCUT2D eigenvalue weighted by Crippen LogP contribution is -1.95. The van der Waals surface area contributed by atoms with Gasteiger partial charge in [-0.3, -0.25) is 5.10 Å². The van der Waals surface area contributed by atoms with Crippen LogP contribution in [0.4, 0.5) is 4.39 Å². The summed E-state index contributed by atoms with van der Waals surface area (Å²) < 4.78 is 12.4. The lowest BCUT2D eigenvalue weighted by atomic mass is 10.1. The van der Waals surface area contributed by atoms with Gasteiger partial charge < -0.3 is 5.11 Å². The molecule has 2 N–H and O–H groups in total. The SMILES string of the molecule is O=C(O)c1cc(-c2ccc(CF)cc2Cl)n[nH]1. The summed E-state index contributed by atoms with van der Waals surface area (Å²) in [6.07, 6.45) is 0. The molecule has 1 aromatic carbocycles. The van der Waals surface area contributed by atoms with E-state index in [2.05, 4.69) is 10.2 Å². The van der Waals surface area contributed by atoms with Crippen LogP contribution < -0.4 is 0 Å². The molecule has 0 fully saturated rings. The van der Waals surface area contributed by atoms with Gasteiger partial charge in [-0.2, -0.15) is 5.10 Å². The summed E-state index contributed by atoms with van der Waals surface area (Å²) in [5.41, 5.74) is 1.42. The summed E-state index contributed by atoms with van der Waals surface area (Å²) in [7, 11) is 0. The maximum absolute atomic E-state index is 12.4. The predicted molar refractivity (Wildman–Crippen MR) is 60.8 cm³/mol. The number of rotatable bonds is 3. The van der Waals surface area contributed by atoms with E-state index in [1.165, 1.54) is 12.1 Å². The van der Waals surface area contributed by atoms with Crippen LogP contribution in [0, 0.1) is 0 Å². The fourth-order valence-corrected chi connectivity index (χ4v) is 1.72. The normalized spacial score (nSPS) is 10.5. The molecule has 1 aromatic heterocycles. The molecule has 0 aliphatic carbocycles. The van der Waals surface area contributed by atoms with Crippen LogP contribution in [-0.2, 0) is 6.67 Å². The van der Waals surface area contributed by atoms with Crippen molar-refractivity contribution >= 4 is 17.6 Å². The Balaban J connectivity index is 2.42. The number of aromatic carboxylic acids is 1. The zero-order chi connectivity index (χ0) is 12.4. The number of hydrogen-bond donors (Lipinski definition) is 2. The summed E-state index contributed by atoms with van der Waals surface area (Å²) in [4.78, 5) is 10.7. The number of hydrogen-bond acceptors (Lipinski definition) is 2. The molecule has 0 atom stereocenters. The van der Waals surface area contributed by atoms with Crippen LogP contribution in [0.3, 0.4) is 0 Å². The molecule has 6 heteroatoms. The summed E-state index contributed by atoms with van der Waals surface area (Å²) in [6, 6.07) is 6.06. The van der Waals surface area contributed by atoms with Gasteiger partial charge in [0.15, 0.2) is 0 Å². The molecule has 0 aliphatic rings. The first-order valence-corrected chi connectivity index (χ1v) is 5.13. The Morgan fingerprint density at radius 1 is 1.47 bits per heavy atom. The summed E-state index contributed by atoms with van der Waals surface area (Å²) in [6.45, 7) is -0.596. The van der Waals surface area contributed by atoms with E-state index >= 15 is 0 Å². The minimum atomic E-state index is -1.10. The highest BCUT2D eigenvalue weighted by molar-refractivity contribution is 6.33. The summed E-state index contributed by atoms with van der Waals surface area (Å²) in [5, 5.41) is 15.3. The van der Waals surface area contributed by atoms with Crippen LogP contribution in [0.25, 0.3) is 11.3 Å². The van der Waals surface area contributed by atoms with Crippen molar-refractivity contribution in [2.24, 2.45) is 0 Å². The first-order valence-electron chi connectivity index (χ1n) is 4.75. The van der Waals surface area contributed by atoms with Crippen LogP contribution in [0.1, 0.15) is 16.1 Å². The van der Waals surface area contributed by atoms with Crippen LogP contribution in [0.15, 0.2) is 24.3 Å². The molecule has 0 aliphatic heterocycles. The zero-order valence-electron chi connectivity index (χ0n) is 8.58. The third kappa shape index (κ3) is 2.29. The Morgan fingerprint density at radius 2 is 2.24 bits per heavy atom. The molecule has 0 radical (unpaired) electrons. The van der Waals surface area contributed by atoms with E-state index in [4.69, 9.17) is 16.7 Å². The number of benzene rings is 1. The molecule has 0 saturated carbocycles. The Morgan fingerprint density at radius 3 is 2.76 bits per heavy atom. The van der Waals surface area contributed by atoms with Crippen molar-refractivity contribution in [1.29, 1.82) is 0 Å². The Labute approximate surface area is 101 Å². The number of nitrogens with zero attached hydrogens (tertiary/aromatic N) is 1. The zero-order valence-corrected chi connectivity index (χ0v) is 9.33.